The fourth-order valence-corrected chi connectivity index (χ4v) is 4.15. The van der Waals surface area contributed by atoms with Crippen LogP contribution in [-0.4, -0.2) is 67.2 Å². The van der Waals surface area contributed by atoms with Crippen LogP contribution in [-0.2, 0) is 47.7 Å². The van der Waals surface area contributed by atoms with Gasteiger partial charge in [0, 0.05) is 39.7 Å². The van der Waals surface area contributed by atoms with Crippen molar-refractivity contribution in [2.75, 3.05) is 6.61 Å². The molecule has 220 valence electrons. The highest BCUT2D eigenvalue weighted by atomic mass is 16.7. The Bertz CT molecular complexity index is 1270. The fourth-order valence-electron chi connectivity index (χ4n) is 4.15. The Morgan fingerprint density at radius 3 is 2.02 bits per heavy atom. The molecule has 12 heteroatoms. The van der Waals surface area contributed by atoms with E-state index in [0.29, 0.717) is 16.9 Å². The van der Waals surface area contributed by atoms with Gasteiger partial charge in [-0.05, 0) is 23.8 Å². The standard InChI is InChI=1S/C29H32O12/c1-6-25(34)39-21-11-9-10-20(14-21)22-12-7-8-13-23(22)40-29-28(38-19(5)33)27(37-18(4)32)26(36-17(3)31)24(41-29)15-35-16(2)30/h7-14,24,26-29H,6,15H2,1-5H3/t24-,26-,27+,28+,29+/m1/s1. The number of carbonyl (C=O) groups is 5. The van der Waals surface area contributed by atoms with Crippen LogP contribution in [0.5, 0.6) is 11.5 Å². The lowest BCUT2D eigenvalue weighted by Gasteiger charge is -2.44. The Morgan fingerprint density at radius 1 is 0.756 bits per heavy atom. The Kier molecular flexibility index (Phi) is 10.8. The van der Waals surface area contributed by atoms with Crippen LogP contribution in [0.2, 0.25) is 0 Å². The third kappa shape index (κ3) is 8.77. The van der Waals surface area contributed by atoms with Crippen molar-refractivity contribution in [3.63, 3.8) is 0 Å². The third-order valence-electron chi connectivity index (χ3n) is 5.74. The van der Waals surface area contributed by atoms with E-state index < -0.39 is 60.6 Å². The molecule has 2 aromatic carbocycles. The minimum atomic E-state index is -1.40. The minimum absolute atomic E-state index is 0.201. The largest absolute Gasteiger partial charge is 0.463 e. The van der Waals surface area contributed by atoms with E-state index >= 15 is 0 Å². The number of para-hydroxylation sites is 1. The predicted molar refractivity (Wildman–Crippen MR) is 140 cm³/mol. The molecule has 0 N–H and O–H groups in total. The molecule has 1 fully saturated rings. The van der Waals surface area contributed by atoms with Crippen LogP contribution in [0.25, 0.3) is 11.1 Å². The highest BCUT2D eigenvalue weighted by Crippen LogP contribution is 2.36. The Balaban J connectivity index is 2.04. The van der Waals surface area contributed by atoms with Crippen molar-refractivity contribution in [1.82, 2.24) is 0 Å². The zero-order chi connectivity index (χ0) is 30.1. The third-order valence-corrected chi connectivity index (χ3v) is 5.74. The molecule has 0 spiro atoms. The van der Waals surface area contributed by atoms with Gasteiger partial charge in [-0.15, -0.1) is 0 Å². The van der Waals surface area contributed by atoms with Crippen molar-refractivity contribution in [3.8, 4) is 22.6 Å². The van der Waals surface area contributed by atoms with Gasteiger partial charge in [0.15, 0.2) is 12.2 Å². The van der Waals surface area contributed by atoms with Crippen LogP contribution >= 0.6 is 0 Å². The second-order valence-corrected chi connectivity index (χ2v) is 9.04. The molecule has 2 aromatic rings. The smallest absolute Gasteiger partial charge is 0.310 e. The summed E-state index contributed by atoms with van der Waals surface area (Å²) in [4.78, 5) is 59.5. The van der Waals surface area contributed by atoms with Gasteiger partial charge in [0.05, 0.1) is 0 Å². The molecule has 1 heterocycles. The maximum atomic E-state index is 12.1. The molecule has 0 aromatic heterocycles. The summed E-state index contributed by atoms with van der Waals surface area (Å²) in [5.41, 5.74) is 1.20. The highest BCUT2D eigenvalue weighted by Gasteiger charge is 2.53. The van der Waals surface area contributed by atoms with Gasteiger partial charge in [0.25, 0.3) is 0 Å². The summed E-state index contributed by atoms with van der Waals surface area (Å²) >= 11 is 0. The van der Waals surface area contributed by atoms with E-state index in [-0.39, 0.29) is 18.8 Å². The summed E-state index contributed by atoms with van der Waals surface area (Å²) in [5.74, 6) is -2.67. The van der Waals surface area contributed by atoms with E-state index in [4.69, 9.17) is 33.2 Å². The first kappa shape index (κ1) is 31.1. The lowest BCUT2D eigenvalue weighted by molar-refractivity contribution is -0.288. The van der Waals surface area contributed by atoms with Gasteiger partial charge in [-0.2, -0.15) is 0 Å². The molecule has 41 heavy (non-hydrogen) atoms. The number of esters is 5. The van der Waals surface area contributed by atoms with E-state index in [9.17, 15) is 24.0 Å². The maximum absolute atomic E-state index is 12.1. The molecule has 0 aliphatic carbocycles. The monoisotopic (exact) mass is 572 g/mol. The lowest BCUT2D eigenvalue weighted by Crippen LogP contribution is -2.63. The van der Waals surface area contributed by atoms with Crippen LogP contribution in [0.15, 0.2) is 48.5 Å². The molecule has 0 unspecified atom stereocenters. The second-order valence-electron chi connectivity index (χ2n) is 9.04. The first-order valence-electron chi connectivity index (χ1n) is 12.9. The first-order valence-corrected chi connectivity index (χ1v) is 12.9. The first-order chi connectivity index (χ1) is 19.5. The summed E-state index contributed by atoms with van der Waals surface area (Å²) in [6.07, 6.45) is -6.43. The van der Waals surface area contributed by atoms with Gasteiger partial charge in [-0.1, -0.05) is 37.3 Å². The van der Waals surface area contributed by atoms with Crippen molar-refractivity contribution >= 4 is 29.8 Å². The number of ether oxygens (including phenoxy) is 7. The van der Waals surface area contributed by atoms with Gasteiger partial charge in [-0.3, -0.25) is 24.0 Å². The zero-order valence-electron chi connectivity index (χ0n) is 23.3. The predicted octanol–water partition coefficient (Wildman–Crippen LogP) is 3.13. The number of hydrogen-bond acceptors (Lipinski definition) is 12. The molecule has 1 saturated heterocycles. The molecule has 5 atom stereocenters. The Hall–Kier alpha value is -4.45. The van der Waals surface area contributed by atoms with Crippen LogP contribution in [0.3, 0.4) is 0 Å². The normalized spacial score (nSPS) is 21.6. The van der Waals surface area contributed by atoms with Crippen molar-refractivity contribution in [1.29, 1.82) is 0 Å². The van der Waals surface area contributed by atoms with E-state index in [1.807, 2.05) is 0 Å². The summed E-state index contributed by atoms with van der Waals surface area (Å²) in [6, 6.07) is 13.6. The van der Waals surface area contributed by atoms with E-state index in [1.165, 1.54) is 6.92 Å². The van der Waals surface area contributed by atoms with Gasteiger partial charge in [0.1, 0.15) is 24.2 Å². The number of hydrogen-bond donors (Lipinski definition) is 0. The summed E-state index contributed by atoms with van der Waals surface area (Å²) < 4.78 is 39.0. The molecule has 0 radical (unpaired) electrons. The number of rotatable bonds is 10. The zero-order valence-corrected chi connectivity index (χ0v) is 23.3. The minimum Gasteiger partial charge on any atom is -0.463 e. The molecule has 12 nitrogen and oxygen atoms in total. The molecule has 0 saturated carbocycles. The van der Waals surface area contributed by atoms with Crippen molar-refractivity contribution in [2.24, 2.45) is 0 Å². The van der Waals surface area contributed by atoms with Crippen LogP contribution in [0, 0.1) is 0 Å². The number of carbonyl (C=O) groups excluding carboxylic acids is 5. The van der Waals surface area contributed by atoms with Gasteiger partial charge >= 0.3 is 29.8 Å². The van der Waals surface area contributed by atoms with Crippen molar-refractivity contribution in [3.05, 3.63) is 48.5 Å². The van der Waals surface area contributed by atoms with Gasteiger partial charge in [-0.25, -0.2) is 0 Å². The molecule has 0 amide bonds. The lowest BCUT2D eigenvalue weighted by atomic mass is 9.98. The molecule has 0 bridgehead atoms. The fraction of sp³-hybridized carbons (Fsp3) is 0.414. The maximum Gasteiger partial charge on any atom is 0.310 e. The molecule has 3 rings (SSSR count). The summed E-state index contributed by atoms with van der Waals surface area (Å²) in [5, 5.41) is 0. The van der Waals surface area contributed by atoms with Crippen LogP contribution in [0.4, 0.5) is 0 Å². The summed E-state index contributed by atoms with van der Waals surface area (Å²) in [6.45, 7) is 5.90. The Labute approximate surface area is 236 Å². The van der Waals surface area contributed by atoms with E-state index in [0.717, 1.165) is 20.8 Å². The second kappa shape index (κ2) is 14.3. The van der Waals surface area contributed by atoms with Crippen LogP contribution in [0.1, 0.15) is 41.0 Å². The Morgan fingerprint density at radius 2 is 1.39 bits per heavy atom. The van der Waals surface area contributed by atoms with E-state index in [2.05, 4.69) is 0 Å². The van der Waals surface area contributed by atoms with Gasteiger partial charge < -0.3 is 33.2 Å². The average molecular weight is 573 g/mol. The van der Waals surface area contributed by atoms with Crippen molar-refractivity contribution in [2.45, 2.75) is 71.7 Å². The molecule has 1 aliphatic rings. The van der Waals surface area contributed by atoms with Crippen LogP contribution < -0.4 is 9.47 Å². The van der Waals surface area contributed by atoms with Gasteiger partial charge in [0.2, 0.25) is 12.4 Å². The highest BCUT2D eigenvalue weighted by molar-refractivity contribution is 5.75. The SMILES string of the molecule is CCC(=O)Oc1cccc(-c2ccccc2O[C@H]2O[C@H](COC(C)=O)[C@@H](OC(C)=O)[C@H](OC(C)=O)[C@@H]2OC(C)=O)c1. The molecular formula is C29H32O12. The van der Waals surface area contributed by atoms with Crippen molar-refractivity contribution < 1.29 is 57.1 Å². The molecular weight excluding hydrogens is 540 g/mol. The topological polar surface area (TPSA) is 150 Å². The molecule has 1 aliphatic heterocycles. The average Bonchev–Trinajstić information content (AvgIpc) is 2.90. The quantitative estimate of drug-likeness (QED) is 0.234. The number of benzene rings is 2. The summed E-state index contributed by atoms with van der Waals surface area (Å²) in [7, 11) is 0. The van der Waals surface area contributed by atoms with E-state index in [1.54, 1.807) is 55.5 Å².